The van der Waals surface area contributed by atoms with Gasteiger partial charge in [0, 0.05) is 28.3 Å². The van der Waals surface area contributed by atoms with Crippen molar-refractivity contribution in [2.24, 2.45) is 7.05 Å². The molecule has 2 heterocycles. The predicted molar refractivity (Wildman–Crippen MR) is 141 cm³/mol. The topological polar surface area (TPSA) is 21.7 Å². The molecule has 1 aliphatic carbocycles. The van der Waals surface area contributed by atoms with Crippen LogP contribution in [0.4, 0.5) is 0 Å². The molecule has 0 radical (unpaired) electrons. The lowest BCUT2D eigenvalue weighted by atomic mass is 9.82. The van der Waals surface area contributed by atoms with Gasteiger partial charge in [-0.15, -0.1) is 0 Å². The third-order valence-corrected chi connectivity index (χ3v) is 7.60. The van der Waals surface area contributed by atoms with Crippen molar-refractivity contribution >= 4 is 0 Å². The van der Waals surface area contributed by atoms with Gasteiger partial charge < -0.3 is 0 Å². The molecular formula is C31H36N3+. The van der Waals surface area contributed by atoms with Crippen molar-refractivity contribution in [3.8, 4) is 28.3 Å². The van der Waals surface area contributed by atoms with Crippen LogP contribution < -0.4 is 4.57 Å². The van der Waals surface area contributed by atoms with E-state index in [0.717, 1.165) is 5.69 Å². The summed E-state index contributed by atoms with van der Waals surface area (Å²) in [6.07, 6.45) is 6.32. The molecule has 5 rings (SSSR count). The molecular weight excluding hydrogens is 414 g/mol. The normalized spacial score (nSPS) is 14.1. The summed E-state index contributed by atoms with van der Waals surface area (Å²) in [7, 11) is 2.15. The first kappa shape index (κ1) is 22.6. The minimum Gasteiger partial charge on any atom is -0.256 e. The molecule has 174 valence electrons. The van der Waals surface area contributed by atoms with Gasteiger partial charge in [0.1, 0.15) is 18.1 Å². The van der Waals surface area contributed by atoms with Gasteiger partial charge in [0.2, 0.25) is 0 Å². The van der Waals surface area contributed by atoms with Crippen molar-refractivity contribution in [1.29, 1.82) is 0 Å². The van der Waals surface area contributed by atoms with Crippen LogP contribution in [0.15, 0.2) is 61.1 Å². The van der Waals surface area contributed by atoms with Crippen molar-refractivity contribution in [1.82, 2.24) is 9.55 Å². The Hall–Kier alpha value is -3.20. The number of nitrogens with zero attached hydrogens (tertiary/aromatic N) is 3. The summed E-state index contributed by atoms with van der Waals surface area (Å²) in [5.74, 6) is 2.08. The molecule has 0 atom stereocenters. The molecule has 1 aliphatic rings. The van der Waals surface area contributed by atoms with Gasteiger partial charge in [-0.25, -0.2) is 4.57 Å². The zero-order chi connectivity index (χ0) is 24.4. The highest BCUT2D eigenvalue weighted by Crippen LogP contribution is 2.49. The Morgan fingerprint density at radius 2 is 1.56 bits per heavy atom. The van der Waals surface area contributed by atoms with E-state index >= 15 is 0 Å². The van der Waals surface area contributed by atoms with E-state index < -0.39 is 0 Å². The summed E-state index contributed by atoms with van der Waals surface area (Å²) in [4.78, 5) is 4.81. The van der Waals surface area contributed by atoms with Gasteiger partial charge in [-0.3, -0.25) is 4.98 Å². The Labute approximate surface area is 204 Å². The van der Waals surface area contributed by atoms with E-state index in [2.05, 4.69) is 120 Å². The number of aromatic nitrogens is 3. The van der Waals surface area contributed by atoms with Gasteiger partial charge in [-0.05, 0) is 47.6 Å². The van der Waals surface area contributed by atoms with Crippen molar-refractivity contribution in [2.75, 3.05) is 0 Å². The first-order valence-corrected chi connectivity index (χ1v) is 12.4. The highest BCUT2D eigenvalue weighted by atomic mass is 15.1. The third kappa shape index (κ3) is 3.25. The molecule has 34 heavy (non-hydrogen) atoms. The highest BCUT2D eigenvalue weighted by molar-refractivity contribution is 5.82. The predicted octanol–water partition coefficient (Wildman–Crippen LogP) is 7.23. The van der Waals surface area contributed by atoms with Crippen LogP contribution in [0.2, 0.25) is 0 Å². The maximum Gasteiger partial charge on any atom is 0.294 e. The molecule has 0 N–H and O–H groups in total. The second kappa shape index (κ2) is 7.94. The fourth-order valence-corrected chi connectivity index (χ4v) is 5.70. The molecule has 3 nitrogen and oxygen atoms in total. The van der Waals surface area contributed by atoms with Crippen molar-refractivity contribution in [3.63, 3.8) is 0 Å². The summed E-state index contributed by atoms with van der Waals surface area (Å²) in [5, 5.41) is 0. The molecule has 4 aromatic rings. The zero-order valence-electron chi connectivity index (χ0n) is 21.8. The van der Waals surface area contributed by atoms with E-state index in [-0.39, 0.29) is 5.41 Å². The molecule has 2 aromatic carbocycles. The molecule has 0 aliphatic heterocycles. The molecule has 0 saturated carbocycles. The molecule has 3 heteroatoms. The standard InChI is InChI=1S/C31H36N3/c1-19(2)22-11-9-12-23(20(3)4)29(22)34-16-15-33(8)30(34)24-18-25-27(17-21(24)5)31(6,7)26-13-10-14-32-28(25)26/h9-20H,1-8H3/q+1. The number of benzene rings is 2. The van der Waals surface area contributed by atoms with Gasteiger partial charge >= 0.3 is 0 Å². The molecule has 0 bridgehead atoms. The van der Waals surface area contributed by atoms with Crippen LogP contribution in [0, 0.1) is 6.92 Å². The Bertz CT molecular complexity index is 1380. The molecule has 0 spiro atoms. The summed E-state index contributed by atoms with van der Waals surface area (Å²) in [5.41, 5.74) is 11.7. The molecule has 0 saturated heterocycles. The lowest BCUT2D eigenvalue weighted by Gasteiger charge is -2.22. The lowest BCUT2D eigenvalue weighted by Crippen LogP contribution is -2.29. The van der Waals surface area contributed by atoms with E-state index in [4.69, 9.17) is 4.98 Å². The van der Waals surface area contributed by atoms with E-state index in [1.165, 1.54) is 50.5 Å². The molecule has 0 unspecified atom stereocenters. The summed E-state index contributed by atoms with van der Waals surface area (Å²) < 4.78 is 4.67. The quantitative estimate of drug-likeness (QED) is 0.301. The van der Waals surface area contributed by atoms with Crippen LogP contribution in [0.25, 0.3) is 28.3 Å². The Balaban J connectivity index is 1.80. The van der Waals surface area contributed by atoms with Crippen molar-refractivity contribution in [3.05, 3.63) is 88.9 Å². The molecule has 0 amide bonds. The van der Waals surface area contributed by atoms with Gasteiger partial charge in [0.25, 0.3) is 5.82 Å². The number of rotatable bonds is 4. The maximum absolute atomic E-state index is 4.81. The van der Waals surface area contributed by atoms with Crippen molar-refractivity contribution < 1.29 is 4.57 Å². The van der Waals surface area contributed by atoms with E-state index in [9.17, 15) is 0 Å². The van der Waals surface area contributed by atoms with Crippen LogP contribution in [0.5, 0.6) is 0 Å². The first-order chi connectivity index (χ1) is 16.1. The van der Waals surface area contributed by atoms with Gasteiger partial charge in [0.05, 0.1) is 18.3 Å². The van der Waals surface area contributed by atoms with Crippen molar-refractivity contribution in [2.45, 2.75) is 65.7 Å². The Kier molecular flexibility index (Phi) is 5.27. The fourth-order valence-electron chi connectivity index (χ4n) is 5.70. The third-order valence-electron chi connectivity index (χ3n) is 7.60. The van der Waals surface area contributed by atoms with Crippen LogP contribution >= 0.6 is 0 Å². The fraction of sp³-hybridized carbons (Fsp3) is 0.355. The summed E-state index contributed by atoms with van der Waals surface area (Å²) >= 11 is 0. The minimum atomic E-state index is -0.0402. The second-order valence-corrected chi connectivity index (χ2v) is 10.9. The number of aryl methyl sites for hydroxylation is 2. The lowest BCUT2D eigenvalue weighted by molar-refractivity contribution is -0.659. The van der Waals surface area contributed by atoms with Crippen LogP contribution in [-0.2, 0) is 12.5 Å². The number of para-hydroxylation sites is 1. The number of imidazole rings is 1. The Morgan fingerprint density at radius 1 is 0.882 bits per heavy atom. The average molecular weight is 451 g/mol. The van der Waals surface area contributed by atoms with E-state index in [1.807, 2.05) is 6.20 Å². The summed E-state index contributed by atoms with van der Waals surface area (Å²) in [6, 6.07) is 15.8. The van der Waals surface area contributed by atoms with Gasteiger partial charge in [-0.2, -0.15) is 4.57 Å². The van der Waals surface area contributed by atoms with E-state index in [1.54, 1.807) is 0 Å². The minimum absolute atomic E-state index is 0.0402. The number of pyridine rings is 1. The van der Waals surface area contributed by atoms with Crippen LogP contribution in [-0.4, -0.2) is 9.55 Å². The van der Waals surface area contributed by atoms with E-state index in [0.29, 0.717) is 11.8 Å². The summed E-state index contributed by atoms with van der Waals surface area (Å²) in [6.45, 7) is 16.0. The second-order valence-electron chi connectivity index (χ2n) is 10.9. The molecule has 2 aromatic heterocycles. The monoisotopic (exact) mass is 450 g/mol. The molecule has 0 fully saturated rings. The van der Waals surface area contributed by atoms with Gasteiger partial charge in [-0.1, -0.05) is 71.9 Å². The zero-order valence-corrected chi connectivity index (χ0v) is 21.8. The largest absolute Gasteiger partial charge is 0.294 e. The maximum atomic E-state index is 4.81. The van der Waals surface area contributed by atoms with Crippen LogP contribution in [0.3, 0.4) is 0 Å². The number of fused-ring (bicyclic) bond motifs is 3. The average Bonchev–Trinajstić information content (AvgIpc) is 3.28. The highest BCUT2D eigenvalue weighted by Gasteiger charge is 2.38. The first-order valence-electron chi connectivity index (χ1n) is 12.4. The number of hydrogen-bond donors (Lipinski definition) is 0. The Morgan fingerprint density at radius 3 is 2.21 bits per heavy atom. The van der Waals surface area contributed by atoms with Gasteiger partial charge in [0.15, 0.2) is 0 Å². The SMILES string of the molecule is Cc1cc2c(cc1-c1n(-c3c(C(C)C)cccc3C(C)C)cc[n+]1C)-c1ncccc1C2(C)C. The van der Waals surface area contributed by atoms with Crippen LogP contribution in [0.1, 0.15) is 81.2 Å². The smallest absolute Gasteiger partial charge is 0.256 e. The number of hydrogen-bond acceptors (Lipinski definition) is 1.